The Hall–Kier alpha value is -0.170. The highest BCUT2D eigenvalue weighted by Gasteiger charge is 2.10. The monoisotopic (exact) mass is 238 g/mol. The Morgan fingerprint density at radius 2 is 2.00 bits per heavy atom. The third kappa shape index (κ3) is 10.1. The second-order valence-electron chi connectivity index (χ2n) is 3.68. The van der Waals surface area contributed by atoms with Gasteiger partial charge in [-0.1, -0.05) is 6.92 Å². The van der Waals surface area contributed by atoms with E-state index in [1.54, 1.807) is 0 Å². The fraction of sp³-hybridized carbons (Fsp3) is 1.00. The molecule has 0 rings (SSSR count). The molecule has 0 aromatic carbocycles. The molecular formula is C9H22N2O3S. The van der Waals surface area contributed by atoms with Crippen LogP contribution >= 0.6 is 0 Å². The molecule has 92 valence electrons. The number of nitrogens with one attached hydrogen (secondary N) is 1. The lowest BCUT2D eigenvalue weighted by Gasteiger charge is -2.14. The van der Waals surface area contributed by atoms with Crippen LogP contribution in [0.4, 0.5) is 0 Å². The second kappa shape index (κ2) is 8.04. The summed E-state index contributed by atoms with van der Waals surface area (Å²) in [7, 11) is -2.90. The standard InChI is InChI=1S/C9H22N2O3S/c1-3-6-14-7-4-9(11-10)5-8-15(2,12)13/h9,11H,3-8,10H2,1-2H3. The minimum Gasteiger partial charge on any atom is -0.381 e. The smallest absolute Gasteiger partial charge is 0.147 e. The first-order chi connectivity index (χ1) is 6.99. The van der Waals surface area contributed by atoms with E-state index >= 15 is 0 Å². The third-order valence-corrected chi connectivity index (χ3v) is 3.01. The maximum Gasteiger partial charge on any atom is 0.147 e. The molecule has 0 aromatic rings. The van der Waals surface area contributed by atoms with Crippen LogP contribution in [0.1, 0.15) is 26.2 Å². The Bertz CT molecular complexity index is 242. The Labute approximate surface area is 92.3 Å². The summed E-state index contributed by atoms with van der Waals surface area (Å²) in [6, 6.07) is 0.0107. The van der Waals surface area contributed by atoms with E-state index in [-0.39, 0.29) is 11.8 Å². The van der Waals surface area contributed by atoms with E-state index < -0.39 is 9.84 Å². The zero-order valence-corrected chi connectivity index (χ0v) is 10.3. The van der Waals surface area contributed by atoms with Gasteiger partial charge in [-0.3, -0.25) is 11.3 Å². The van der Waals surface area contributed by atoms with Crippen LogP contribution < -0.4 is 11.3 Å². The summed E-state index contributed by atoms with van der Waals surface area (Å²) in [6.07, 6.45) is 3.50. The average molecular weight is 238 g/mol. The highest BCUT2D eigenvalue weighted by Crippen LogP contribution is 2.00. The molecule has 5 nitrogen and oxygen atoms in total. The summed E-state index contributed by atoms with van der Waals surface area (Å²) in [5.41, 5.74) is 2.61. The van der Waals surface area contributed by atoms with E-state index in [2.05, 4.69) is 5.43 Å². The SMILES string of the molecule is CCCOCCC(CCS(C)(=O)=O)NN. The molecule has 0 radical (unpaired) electrons. The minimum atomic E-state index is -2.90. The molecule has 0 saturated carbocycles. The molecule has 0 aliphatic carbocycles. The minimum absolute atomic E-state index is 0.0107. The van der Waals surface area contributed by atoms with E-state index in [0.29, 0.717) is 13.0 Å². The van der Waals surface area contributed by atoms with Gasteiger partial charge in [-0.05, 0) is 19.3 Å². The van der Waals surface area contributed by atoms with Crippen LogP contribution in [0.2, 0.25) is 0 Å². The van der Waals surface area contributed by atoms with Crippen LogP contribution in [0, 0.1) is 0 Å². The number of hydrogen-bond donors (Lipinski definition) is 2. The van der Waals surface area contributed by atoms with Gasteiger partial charge in [0.25, 0.3) is 0 Å². The highest BCUT2D eigenvalue weighted by molar-refractivity contribution is 7.90. The van der Waals surface area contributed by atoms with Crippen LogP contribution in [0.25, 0.3) is 0 Å². The molecule has 3 N–H and O–H groups in total. The Balaban J connectivity index is 3.64. The lowest BCUT2D eigenvalue weighted by atomic mass is 10.2. The summed E-state index contributed by atoms with van der Waals surface area (Å²) in [5, 5.41) is 0. The van der Waals surface area contributed by atoms with Gasteiger partial charge in [0.05, 0.1) is 5.75 Å². The quantitative estimate of drug-likeness (QED) is 0.337. The maximum absolute atomic E-state index is 10.9. The number of ether oxygens (including phenoxy) is 1. The van der Waals surface area contributed by atoms with E-state index in [9.17, 15) is 8.42 Å². The summed E-state index contributed by atoms with van der Waals surface area (Å²) in [6.45, 7) is 3.40. The maximum atomic E-state index is 10.9. The first-order valence-electron chi connectivity index (χ1n) is 5.21. The molecule has 15 heavy (non-hydrogen) atoms. The molecule has 0 saturated heterocycles. The van der Waals surface area contributed by atoms with Crippen LogP contribution in [0.3, 0.4) is 0 Å². The molecule has 6 heteroatoms. The third-order valence-electron chi connectivity index (χ3n) is 2.03. The number of sulfone groups is 1. The van der Waals surface area contributed by atoms with Gasteiger partial charge in [0, 0.05) is 25.5 Å². The second-order valence-corrected chi connectivity index (χ2v) is 5.94. The number of rotatable bonds is 9. The van der Waals surface area contributed by atoms with Gasteiger partial charge in [-0.25, -0.2) is 8.42 Å². The Morgan fingerprint density at radius 3 is 2.47 bits per heavy atom. The van der Waals surface area contributed by atoms with Crippen molar-refractivity contribution >= 4 is 9.84 Å². The fourth-order valence-corrected chi connectivity index (χ4v) is 1.85. The fourth-order valence-electron chi connectivity index (χ4n) is 1.14. The van der Waals surface area contributed by atoms with Gasteiger partial charge in [0.2, 0.25) is 0 Å². The molecule has 0 aliphatic heterocycles. The molecule has 1 unspecified atom stereocenters. The number of hydrazine groups is 1. The van der Waals surface area contributed by atoms with E-state index in [1.165, 1.54) is 6.26 Å². The van der Waals surface area contributed by atoms with Crippen molar-refractivity contribution in [3.05, 3.63) is 0 Å². The van der Waals surface area contributed by atoms with Crippen molar-refractivity contribution in [2.75, 3.05) is 25.2 Å². The molecule has 0 heterocycles. The van der Waals surface area contributed by atoms with Crippen LogP contribution in [0.15, 0.2) is 0 Å². The van der Waals surface area contributed by atoms with Gasteiger partial charge < -0.3 is 4.74 Å². The van der Waals surface area contributed by atoms with Crippen molar-refractivity contribution in [2.24, 2.45) is 5.84 Å². The van der Waals surface area contributed by atoms with Crippen molar-refractivity contribution in [1.82, 2.24) is 5.43 Å². The lowest BCUT2D eigenvalue weighted by molar-refractivity contribution is 0.124. The average Bonchev–Trinajstić information content (AvgIpc) is 2.15. The zero-order valence-electron chi connectivity index (χ0n) is 9.53. The van der Waals surface area contributed by atoms with E-state index in [1.807, 2.05) is 6.92 Å². The van der Waals surface area contributed by atoms with Crippen LogP contribution in [-0.4, -0.2) is 39.7 Å². The van der Waals surface area contributed by atoms with Crippen molar-refractivity contribution in [3.63, 3.8) is 0 Å². The van der Waals surface area contributed by atoms with Crippen LogP contribution in [0.5, 0.6) is 0 Å². The van der Waals surface area contributed by atoms with Crippen molar-refractivity contribution < 1.29 is 13.2 Å². The predicted octanol–water partition coefficient (Wildman–Crippen LogP) is 0.0697. The van der Waals surface area contributed by atoms with Gasteiger partial charge in [0.1, 0.15) is 9.84 Å². The molecular weight excluding hydrogens is 216 g/mol. The Morgan fingerprint density at radius 1 is 1.33 bits per heavy atom. The van der Waals surface area contributed by atoms with E-state index in [4.69, 9.17) is 10.6 Å². The largest absolute Gasteiger partial charge is 0.381 e. The summed E-state index contributed by atoms with van der Waals surface area (Å²) in [5.74, 6) is 5.48. The topological polar surface area (TPSA) is 81.4 Å². The van der Waals surface area contributed by atoms with E-state index in [0.717, 1.165) is 19.4 Å². The van der Waals surface area contributed by atoms with Gasteiger partial charge >= 0.3 is 0 Å². The molecule has 1 atom stereocenters. The molecule has 0 aliphatic rings. The first-order valence-corrected chi connectivity index (χ1v) is 7.27. The number of nitrogens with two attached hydrogens (primary N) is 1. The summed E-state index contributed by atoms with van der Waals surface area (Å²) in [4.78, 5) is 0. The van der Waals surface area contributed by atoms with Crippen molar-refractivity contribution in [1.29, 1.82) is 0 Å². The highest BCUT2D eigenvalue weighted by atomic mass is 32.2. The van der Waals surface area contributed by atoms with Crippen molar-refractivity contribution in [3.8, 4) is 0 Å². The molecule has 0 fully saturated rings. The van der Waals surface area contributed by atoms with Gasteiger partial charge in [-0.2, -0.15) is 0 Å². The van der Waals surface area contributed by atoms with Crippen LogP contribution in [-0.2, 0) is 14.6 Å². The molecule has 0 amide bonds. The normalized spacial score (nSPS) is 14.1. The first kappa shape index (κ1) is 14.8. The molecule has 0 spiro atoms. The van der Waals surface area contributed by atoms with Gasteiger partial charge in [-0.15, -0.1) is 0 Å². The molecule has 0 bridgehead atoms. The lowest BCUT2D eigenvalue weighted by Crippen LogP contribution is -2.37. The summed E-state index contributed by atoms with van der Waals surface area (Å²) < 4.78 is 27.2. The zero-order chi connectivity index (χ0) is 11.7. The predicted molar refractivity (Wildman–Crippen MR) is 61.2 cm³/mol. The Kier molecular flexibility index (Phi) is 7.95. The summed E-state index contributed by atoms with van der Waals surface area (Å²) >= 11 is 0. The van der Waals surface area contributed by atoms with Gasteiger partial charge in [0.15, 0.2) is 0 Å². The number of hydrogen-bond acceptors (Lipinski definition) is 5. The molecule has 0 aromatic heterocycles. The van der Waals surface area contributed by atoms with Crippen molar-refractivity contribution in [2.45, 2.75) is 32.2 Å².